The molecule has 0 aliphatic rings. The zero-order valence-electron chi connectivity index (χ0n) is 10.8. The third kappa shape index (κ3) is 2.45. The van der Waals surface area contributed by atoms with Crippen LogP contribution in [0.2, 0.25) is 0 Å². The van der Waals surface area contributed by atoms with Crippen molar-refractivity contribution in [2.45, 2.75) is 26.7 Å². The number of nitrogens with zero attached hydrogens (tertiary/aromatic N) is 4. The van der Waals surface area contributed by atoms with Crippen molar-refractivity contribution >= 4 is 5.78 Å². The predicted octanol–water partition coefficient (Wildman–Crippen LogP) is 1.51. The van der Waals surface area contributed by atoms with E-state index in [1.807, 2.05) is 31.7 Å². The Bertz CT molecular complexity index is 574. The summed E-state index contributed by atoms with van der Waals surface area (Å²) in [5.41, 5.74) is 2.17. The molecular formula is C13H16N4O. The minimum absolute atomic E-state index is 0.0409. The molecule has 0 N–H and O–H groups in total. The van der Waals surface area contributed by atoms with E-state index in [0.29, 0.717) is 18.4 Å². The molecule has 0 amide bonds. The normalized spacial score (nSPS) is 10.6. The summed E-state index contributed by atoms with van der Waals surface area (Å²) in [5, 5.41) is 8.06. The highest BCUT2D eigenvalue weighted by atomic mass is 16.1. The fourth-order valence-electron chi connectivity index (χ4n) is 1.82. The number of carbonyl (C=O) groups is 1. The highest BCUT2D eigenvalue weighted by molar-refractivity contribution is 5.98. The van der Waals surface area contributed by atoms with Crippen molar-refractivity contribution in [1.82, 2.24) is 19.7 Å². The molecule has 0 saturated carbocycles. The first-order valence-electron chi connectivity index (χ1n) is 5.94. The summed E-state index contributed by atoms with van der Waals surface area (Å²) in [4.78, 5) is 16.4. The van der Waals surface area contributed by atoms with Crippen molar-refractivity contribution in [1.29, 1.82) is 0 Å². The van der Waals surface area contributed by atoms with Crippen LogP contribution in [-0.2, 0) is 19.9 Å². The van der Waals surface area contributed by atoms with Crippen molar-refractivity contribution in [2.75, 3.05) is 0 Å². The standard InChI is InChI=1S/C13H16N4O/c1-4-11-10(7-9(2)15-16-11)12(18)8-13-14-5-6-17(13)3/h5-7H,4,8H2,1-3H3. The summed E-state index contributed by atoms with van der Waals surface area (Å²) in [6.07, 6.45) is 4.52. The first kappa shape index (κ1) is 12.4. The van der Waals surface area contributed by atoms with Crippen LogP contribution in [0.3, 0.4) is 0 Å². The van der Waals surface area contributed by atoms with Gasteiger partial charge >= 0.3 is 0 Å². The first-order chi connectivity index (χ1) is 8.61. The summed E-state index contributed by atoms with van der Waals surface area (Å²) in [6.45, 7) is 3.81. The minimum Gasteiger partial charge on any atom is -0.338 e. The molecule has 0 aliphatic carbocycles. The van der Waals surface area contributed by atoms with Crippen LogP contribution in [0.1, 0.15) is 34.5 Å². The molecule has 0 atom stereocenters. The molecule has 2 rings (SSSR count). The molecule has 0 fully saturated rings. The van der Waals surface area contributed by atoms with E-state index < -0.39 is 0 Å². The number of carbonyl (C=O) groups excluding carboxylic acids is 1. The van der Waals surface area contributed by atoms with E-state index in [-0.39, 0.29) is 5.78 Å². The van der Waals surface area contributed by atoms with Gasteiger partial charge in [0.15, 0.2) is 5.78 Å². The van der Waals surface area contributed by atoms with Gasteiger partial charge in [-0.1, -0.05) is 6.92 Å². The largest absolute Gasteiger partial charge is 0.338 e. The van der Waals surface area contributed by atoms with Gasteiger partial charge in [-0.2, -0.15) is 10.2 Å². The lowest BCUT2D eigenvalue weighted by Gasteiger charge is -2.06. The van der Waals surface area contributed by atoms with E-state index in [0.717, 1.165) is 17.2 Å². The Morgan fingerprint density at radius 2 is 2.17 bits per heavy atom. The second-order valence-electron chi connectivity index (χ2n) is 4.25. The van der Waals surface area contributed by atoms with Crippen LogP contribution in [-0.4, -0.2) is 25.5 Å². The van der Waals surface area contributed by atoms with Gasteiger partial charge < -0.3 is 4.57 Å². The number of ketones is 1. The highest BCUT2D eigenvalue weighted by Crippen LogP contribution is 2.11. The molecule has 0 unspecified atom stereocenters. The number of hydrogen-bond acceptors (Lipinski definition) is 4. The van der Waals surface area contributed by atoms with Gasteiger partial charge in [-0.3, -0.25) is 4.79 Å². The van der Waals surface area contributed by atoms with E-state index in [2.05, 4.69) is 15.2 Å². The molecule has 2 aromatic rings. The van der Waals surface area contributed by atoms with Crippen LogP contribution < -0.4 is 0 Å². The number of hydrogen-bond donors (Lipinski definition) is 0. The number of aromatic nitrogens is 4. The van der Waals surface area contributed by atoms with Crippen molar-refractivity contribution in [3.8, 4) is 0 Å². The van der Waals surface area contributed by atoms with Crippen LogP contribution in [0.4, 0.5) is 0 Å². The lowest BCUT2D eigenvalue weighted by Crippen LogP contribution is -2.12. The molecule has 5 nitrogen and oxygen atoms in total. The molecule has 2 heterocycles. The van der Waals surface area contributed by atoms with Gasteiger partial charge in [0.1, 0.15) is 5.82 Å². The monoisotopic (exact) mass is 244 g/mol. The van der Waals surface area contributed by atoms with Gasteiger partial charge in [-0.05, 0) is 19.4 Å². The quantitative estimate of drug-likeness (QED) is 0.765. The van der Waals surface area contributed by atoms with E-state index in [9.17, 15) is 4.79 Å². The summed E-state index contributed by atoms with van der Waals surface area (Å²) in [5.74, 6) is 0.802. The predicted molar refractivity (Wildman–Crippen MR) is 67.4 cm³/mol. The van der Waals surface area contributed by atoms with Crippen molar-refractivity contribution in [3.05, 3.63) is 41.2 Å². The average Bonchev–Trinajstić information content (AvgIpc) is 2.75. The van der Waals surface area contributed by atoms with Crippen LogP contribution in [0.25, 0.3) is 0 Å². The fourth-order valence-corrected chi connectivity index (χ4v) is 1.82. The van der Waals surface area contributed by atoms with Crippen molar-refractivity contribution < 1.29 is 4.79 Å². The summed E-state index contributed by atoms with van der Waals surface area (Å²) < 4.78 is 1.85. The Morgan fingerprint density at radius 1 is 1.39 bits per heavy atom. The maximum absolute atomic E-state index is 12.3. The number of rotatable bonds is 4. The first-order valence-corrected chi connectivity index (χ1v) is 5.94. The van der Waals surface area contributed by atoms with Gasteiger partial charge in [0.2, 0.25) is 0 Å². The van der Waals surface area contributed by atoms with Gasteiger partial charge in [0, 0.05) is 25.0 Å². The zero-order chi connectivity index (χ0) is 13.1. The fraction of sp³-hybridized carbons (Fsp3) is 0.385. The Balaban J connectivity index is 2.29. The van der Waals surface area contributed by atoms with Gasteiger partial charge in [-0.25, -0.2) is 4.98 Å². The Labute approximate surface area is 106 Å². The SMILES string of the molecule is CCc1nnc(C)cc1C(=O)Cc1nccn1C. The minimum atomic E-state index is 0.0409. The lowest BCUT2D eigenvalue weighted by molar-refractivity contribution is 0.0988. The molecule has 5 heteroatoms. The van der Waals surface area contributed by atoms with Crippen molar-refractivity contribution in [3.63, 3.8) is 0 Å². The van der Waals surface area contributed by atoms with Crippen LogP contribution >= 0.6 is 0 Å². The van der Waals surface area contributed by atoms with E-state index in [1.54, 1.807) is 12.3 Å². The van der Waals surface area contributed by atoms with Crippen molar-refractivity contribution in [2.24, 2.45) is 7.05 Å². The molecule has 94 valence electrons. The van der Waals surface area contributed by atoms with Crippen LogP contribution in [0.5, 0.6) is 0 Å². The maximum atomic E-state index is 12.3. The molecule has 0 saturated heterocycles. The summed E-state index contributed by atoms with van der Waals surface area (Å²) in [6, 6.07) is 1.80. The third-order valence-electron chi connectivity index (χ3n) is 2.87. The molecule has 0 bridgehead atoms. The Kier molecular flexibility index (Phi) is 3.50. The second-order valence-corrected chi connectivity index (χ2v) is 4.25. The molecule has 0 radical (unpaired) electrons. The van der Waals surface area contributed by atoms with Crippen LogP contribution in [0, 0.1) is 6.92 Å². The van der Waals surface area contributed by atoms with Gasteiger partial charge in [-0.15, -0.1) is 0 Å². The summed E-state index contributed by atoms with van der Waals surface area (Å²) >= 11 is 0. The number of imidazole rings is 1. The Morgan fingerprint density at radius 3 is 2.78 bits per heavy atom. The van der Waals surface area contributed by atoms with Crippen LogP contribution in [0.15, 0.2) is 18.5 Å². The topological polar surface area (TPSA) is 60.7 Å². The highest BCUT2D eigenvalue weighted by Gasteiger charge is 2.15. The lowest BCUT2D eigenvalue weighted by atomic mass is 10.0. The molecule has 0 spiro atoms. The maximum Gasteiger partial charge on any atom is 0.172 e. The number of aryl methyl sites for hydroxylation is 3. The van der Waals surface area contributed by atoms with Gasteiger partial charge in [0.05, 0.1) is 17.8 Å². The third-order valence-corrected chi connectivity index (χ3v) is 2.87. The molecule has 18 heavy (non-hydrogen) atoms. The average molecular weight is 244 g/mol. The second kappa shape index (κ2) is 5.08. The molecular weight excluding hydrogens is 228 g/mol. The summed E-state index contributed by atoms with van der Waals surface area (Å²) in [7, 11) is 1.88. The molecule has 2 aromatic heterocycles. The van der Waals surface area contributed by atoms with Gasteiger partial charge in [0.25, 0.3) is 0 Å². The molecule has 0 aromatic carbocycles. The Hall–Kier alpha value is -2.04. The zero-order valence-corrected chi connectivity index (χ0v) is 10.8. The van der Waals surface area contributed by atoms with E-state index in [4.69, 9.17) is 0 Å². The molecule has 0 aliphatic heterocycles. The smallest absolute Gasteiger partial charge is 0.172 e. The van der Waals surface area contributed by atoms with E-state index >= 15 is 0 Å². The van der Waals surface area contributed by atoms with E-state index in [1.165, 1.54) is 0 Å². The number of Topliss-reactive ketones (excluding diaryl/α,β-unsaturated/α-hetero) is 1.